The maximum Gasteiger partial charge on any atom is 0.274 e. The highest BCUT2D eigenvalue weighted by atomic mass is 16.1. The van der Waals surface area contributed by atoms with Crippen molar-refractivity contribution < 1.29 is 4.79 Å². The van der Waals surface area contributed by atoms with Crippen molar-refractivity contribution in [1.82, 2.24) is 4.98 Å². The van der Waals surface area contributed by atoms with Crippen LogP contribution in [0.2, 0.25) is 0 Å². The van der Waals surface area contributed by atoms with Crippen molar-refractivity contribution in [3.8, 4) is 0 Å². The van der Waals surface area contributed by atoms with Crippen LogP contribution >= 0.6 is 0 Å². The molecular weight excluding hydrogens is 274 g/mol. The van der Waals surface area contributed by atoms with E-state index in [1.54, 1.807) is 12.3 Å². The van der Waals surface area contributed by atoms with Crippen LogP contribution in [0.3, 0.4) is 0 Å². The molecule has 0 fully saturated rings. The third-order valence-electron chi connectivity index (χ3n) is 3.87. The summed E-state index contributed by atoms with van der Waals surface area (Å²) in [5.41, 5.74) is 4.37. The number of hydrogen-bond donors (Lipinski definition) is 2. The highest BCUT2D eigenvalue weighted by molar-refractivity contribution is 6.03. The number of hydrogen-bond acceptors (Lipinski definition) is 3. The summed E-state index contributed by atoms with van der Waals surface area (Å²) in [6, 6.07) is 9.89. The summed E-state index contributed by atoms with van der Waals surface area (Å²) in [6.07, 6.45) is 2.68. The number of anilines is 2. The van der Waals surface area contributed by atoms with Crippen molar-refractivity contribution in [2.75, 3.05) is 10.6 Å². The molecule has 1 aromatic carbocycles. The van der Waals surface area contributed by atoms with Crippen molar-refractivity contribution >= 4 is 17.3 Å². The monoisotopic (exact) mass is 297 g/mol. The fourth-order valence-corrected chi connectivity index (χ4v) is 2.10. The largest absolute Gasteiger partial charge is 0.382 e. The molecule has 0 aliphatic heterocycles. The number of carbonyl (C=O) groups excluding carboxylic acids is 1. The second-order valence-electron chi connectivity index (χ2n) is 5.58. The highest BCUT2D eigenvalue weighted by Gasteiger charge is 2.11. The predicted octanol–water partition coefficient (Wildman–Crippen LogP) is 4.16. The van der Waals surface area contributed by atoms with Crippen molar-refractivity contribution in [3.63, 3.8) is 0 Å². The Bertz CT molecular complexity index is 667. The molecule has 1 heterocycles. The maximum atomic E-state index is 12.4. The van der Waals surface area contributed by atoms with Crippen LogP contribution in [-0.2, 0) is 0 Å². The molecule has 1 amide bonds. The molecule has 4 nitrogen and oxygen atoms in total. The third kappa shape index (κ3) is 3.85. The second kappa shape index (κ2) is 7.07. The van der Waals surface area contributed by atoms with E-state index in [2.05, 4.69) is 29.5 Å². The van der Waals surface area contributed by atoms with E-state index in [9.17, 15) is 4.79 Å². The molecular formula is C18H23N3O. The van der Waals surface area contributed by atoms with E-state index in [4.69, 9.17) is 0 Å². The van der Waals surface area contributed by atoms with Gasteiger partial charge in [-0.1, -0.05) is 19.1 Å². The zero-order chi connectivity index (χ0) is 16.1. The van der Waals surface area contributed by atoms with Gasteiger partial charge in [-0.2, -0.15) is 0 Å². The van der Waals surface area contributed by atoms with Gasteiger partial charge in [-0.3, -0.25) is 9.78 Å². The second-order valence-corrected chi connectivity index (χ2v) is 5.58. The minimum absolute atomic E-state index is 0.193. The number of aryl methyl sites for hydroxylation is 1. The molecule has 0 saturated heterocycles. The summed E-state index contributed by atoms with van der Waals surface area (Å²) in [6.45, 7) is 8.25. The molecule has 116 valence electrons. The molecule has 0 spiro atoms. The number of rotatable bonds is 5. The van der Waals surface area contributed by atoms with Gasteiger partial charge in [-0.15, -0.1) is 0 Å². The summed E-state index contributed by atoms with van der Waals surface area (Å²) >= 11 is 0. The Balaban J connectivity index is 2.16. The highest BCUT2D eigenvalue weighted by Crippen LogP contribution is 2.19. The third-order valence-corrected chi connectivity index (χ3v) is 3.87. The fourth-order valence-electron chi connectivity index (χ4n) is 2.10. The van der Waals surface area contributed by atoms with Crippen molar-refractivity contribution in [1.29, 1.82) is 0 Å². The molecule has 2 N–H and O–H groups in total. The van der Waals surface area contributed by atoms with E-state index < -0.39 is 0 Å². The first-order valence-corrected chi connectivity index (χ1v) is 7.61. The Morgan fingerprint density at radius 3 is 2.77 bits per heavy atom. The lowest BCUT2D eigenvalue weighted by Crippen LogP contribution is -2.17. The molecule has 2 rings (SSSR count). The van der Waals surface area contributed by atoms with Gasteiger partial charge in [-0.05, 0) is 56.5 Å². The quantitative estimate of drug-likeness (QED) is 0.871. The van der Waals surface area contributed by atoms with Gasteiger partial charge in [0.05, 0.1) is 0 Å². The Morgan fingerprint density at radius 1 is 1.27 bits per heavy atom. The van der Waals surface area contributed by atoms with Gasteiger partial charge in [0.2, 0.25) is 0 Å². The molecule has 0 bridgehead atoms. The summed E-state index contributed by atoms with van der Waals surface area (Å²) in [7, 11) is 0. The lowest BCUT2D eigenvalue weighted by atomic mass is 10.1. The normalized spacial score (nSPS) is 11.8. The van der Waals surface area contributed by atoms with Crippen molar-refractivity contribution in [2.45, 2.75) is 40.2 Å². The van der Waals surface area contributed by atoms with Crippen LogP contribution < -0.4 is 10.6 Å². The Hall–Kier alpha value is -2.36. The van der Waals surface area contributed by atoms with Gasteiger partial charge < -0.3 is 10.6 Å². The molecule has 0 radical (unpaired) electrons. The number of amides is 1. The number of pyridine rings is 1. The van der Waals surface area contributed by atoms with Gasteiger partial charge in [0.25, 0.3) is 5.91 Å². The number of carbonyl (C=O) groups is 1. The van der Waals surface area contributed by atoms with Gasteiger partial charge >= 0.3 is 0 Å². The average molecular weight is 297 g/mol. The molecule has 22 heavy (non-hydrogen) atoms. The topological polar surface area (TPSA) is 54.0 Å². The number of nitrogens with one attached hydrogen (secondary N) is 2. The van der Waals surface area contributed by atoms with E-state index in [-0.39, 0.29) is 5.91 Å². The van der Waals surface area contributed by atoms with Gasteiger partial charge in [0, 0.05) is 23.6 Å². The Labute approximate surface area is 132 Å². The van der Waals surface area contributed by atoms with Gasteiger partial charge in [-0.25, -0.2) is 0 Å². The fraction of sp³-hybridized carbons (Fsp3) is 0.333. The van der Waals surface area contributed by atoms with Crippen molar-refractivity contribution in [3.05, 3.63) is 53.3 Å². The average Bonchev–Trinajstić information content (AvgIpc) is 2.52. The van der Waals surface area contributed by atoms with E-state index in [1.165, 1.54) is 0 Å². The Morgan fingerprint density at radius 2 is 2.05 bits per heavy atom. The smallest absolute Gasteiger partial charge is 0.274 e. The molecule has 1 unspecified atom stereocenters. The number of nitrogens with zero attached hydrogens (tertiary/aromatic N) is 1. The summed E-state index contributed by atoms with van der Waals surface area (Å²) < 4.78 is 0. The van der Waals surface area contributed by atoms with E-state index in [0.29, 0.717) is 11.7 Å². The minimum Gasteiger partial charge on any atom is -0.382 e. The predicted molar refractivity (Wildman–Crippen MR) is 91.5 cm³/mol. The summed E-state index contributed by atoms with van der Waals surface area (Å²) in [4.78, 5) is 16.6. The summed E-state index contributed by atoms with van der Waals surface area (Å²) in [5.74, 6) is -0.193. The molecule has 4 heteroatoms. The van der Waals surface area contributed by atoms with Crippen LogP contribution in [0, 0.1) is 13.8 Å². The number of benzene rings is 1. The van der Waals surface area contributed by atoms with Crippen LogP contribution in [0.15, 0.2) is 36.5 Å². The number of aromatic nitrogens is 1. The SMILES string of the molecule is CCC(C)Nc1ccnc(C(=O)Nc2cccc(C)c2C)c1. The zero-order valence-corrected chi connectivity index (χ0v) is 13.6. The lowest BCUT2D eigenvalue weighted by Gasteiger charge is -2.14. The summed E-state index contributed by atoms with van der Waals surface area (Å²) in [5, 5.41) is 6.28. The molecule has 0 aliphatic carbocycles. The van der Waals surface area contributed by atoms with E-state index in [1.807, 2.05) is 38.1 Å². The first-order chi connectivity index (χ1) is 10.5. The molecule has 0 saturated carbocycles. The molecule has 1 aromatic heterocycles. The molecule has 2 aromatic rings. The minimum atomic E-state index is -0.193. The van der Waals surface area contributed by atoms with Crippen LogP contribution in [0.1, 0.15) is 41.9 Å². The van der Waals surface area contributed by atoms with E-state index in [0.717, 1.165) is 28.9 Å². The van der Waals surface area contributed by atoms with Crippen LogP contribution in [-0.4, -0.2) is 16.9 Å². The van der Waals surface area contributed by atoms with Crippen molar-refractivity contribution in [2.24, 2.45) is 0 Å². The first kappa shape index (κ1) is 16.0. The van der Waals surface area contributed by atoms with Crippen LogP contribution in [0.25, 0.3) is 0 Å². The first-order valence-electron chi connectivity index (χ1n) is 7.61. The standard InChI is InChI=1S/C18H23N3O/c1-5-13(3)20-15-9-10-19-17(11-15)18(22)21-16-8-6-7-12(2)14(16)4/h6-11,13H,5H2,1-4H3,(H,19,20)(H,21,22). The molecule has 1 atom stereocenters. The maximum absolute atomic E-state index is 12.4. The Kier molecular flexibility index (Phi) is 5.15. The van der Waals surface area contributed by atoms with Gasteiger partial charge in [0.1, 0.15) is 5.69 Å². The van der Waals surface area contributed by atoms with Crippen LogP contribution in [0.4, 0.5) is 11.4 Å². The van der Waals surface area contributed by atoms with E-state index >= 15 is 0 Å². The zero-order valence-electron chi connectivity index (χ0n) is 13.6. The molecule has 0 aliphatic rings. The van der Waals surface area contributed by atoms with Gasteiger partial charge in [0.15, 0.2) is 0 Å². The van der Waals surface area contributed by atoms with Crippen LogP contribution in [0.5, 0.6) is 0 Å². The lowest BCUT2D eigenvalue weighted by molar-refractivity contribution is 0.102.